The molecular formula is C18H15NO2. The molecule has 0 amide bonds. The van der Waals surface area contributed by atoms with Crippen LogP contribution in [0.1, 0.15) is 23.0 Å². The minimum Gasteiger partial charge on any atom is -0.458 e. The van der Waals surface area contributed by atoms with E-state index in [-0.39, 0.29) is 12.1 Å². The van der Waals surface area contributed by atoms with E-state index in [0.717, 1.165) is 28.6 Å². The van der Waals surface area contributed by atoms with Crippen molar-refractivity contribution in [3.05, 3.63) is 65.9 Å². The van der Waals surface area contributed by atoms with E-state index in [1.54, 1.807) is 0 Å². The lowest BCUT2D eigenvalue weighted by molar-refractivity contribution is 0.0292. The molecule has 3 heteroatoms. The fraction of sp³-hybridized carbons (Fsp3) is 0.167. The fourth-order valence-electron chi connectivity index (χ4n) is 3.14. The van der Waals surface area contributed by atoms with Crippen LogP contribution < -0.4 is 0 Å². The maximum absolute atomic E-state index is 12.4. The largest absolute Gasteiger partial charge is 0.458 e. The van der Waals surface area contributed by atoms with Crippen LogP contribution >= 0.6 is 0 Å². The zero-order valence-corrected chi connectivity index (χ0v) is 11.7. The Morgan fingerprint density at radius 2 is 1.76 bits per heavy atom. The number of nitrogens with zero attached hydrogens (tertiary/aromatic N) is 1. The molecule has 0 radical (unpaired) electrons. The van der Waals surface area contributed by atoms with Gasteiger partial charge in [-0.2, -0.15) is 0 Å². The molecule has 3 aromatic rings. The summed E-state index contributed by atoms with van der Waals surface area (Å²) in [6.07, 6.45) is 0.696. The second-order valence-corrected chi connectivity index (χ2v) is 5.44. The smallest absolute Gasteiger partial charge is 0.355 e. The number of hydrogen-bond acceptors (Lipinski definition) is 2. The van der Waals surface area contributed by atoms with Crippen LogP contribution in [0.25, 0.3) is 16.6 Å². The number of hydrogen-bond donors (Lipinski definition) is 0. The van der Waals surface area contributed by atoms with E-state index in [9.17, 15) is 4.79 Å². The molecule has 0 aliphatic carbocycles. The van der Waals surface area contributed by atoms with Gasteiger partial charge >= 0.3 is 5.97 Å². The van der Waals surface area contributed by atoms with Gasteiger partial charge in [0, 0.05) is 17.5 Å². The number of rotatable bonds is 1. The van der Waals surface area contributed by atoms with Gasteiger partial charge in [-0.1, -0.05) is 36.4 Å². The van der Waals surface area contributed by atoms with Crippen LogP contribution in [0.2, 0.25) is 0 Å². The summed E-state index contributed by atoms with van der Waals surface area (Å²) in [5.41, 5.74) is 3.81. The van der Waals surface area contributed by atoms with Crippen LogP contribution in [-0.2, 0) is 11.2 Å². The number of carbonyl (C=O) groups is 1. The van der Waals surface area contributed by atoms with E-state index in [4.69, 9.17) is 4.74 Å². The highest BCUT2D eigenvalue weighted by atomic mass is 16.5. The maximum atomic E-state index is 12.4. The molecule has 2 heterocycles. The van der Waals surface area contributed by atoms with Crippen molar-refractivity contribution >= 4 is 16.9 Å². The number of benzene rings is 2. The summed E-state index contributed by atoms with van der Waals surface area (Å²) in [6, 6.07) is 18.1. The van der Waals surface area contributed by atoms with Crippen LogP contribution in [0.4, 0.5) is 0 Å². The zero-order valence-electron chi connectivity index (χ0n) is 11.7. The molecule has 0 bridgehead atoms. The monoisotopic (exact) mass is 277 g/mol. The lowest BCUT2D eigenvalue weighted by atomic mass is 10.0. The predicted octanol–water partition coefficient (Wildman–Crippen LogP) is 3.73. The second-order valence-electron chi connectivity index (χ2n) is 5.44. The molecule has 1 aliphatic rings. The molecule has 1 aliphatic heterocycles. The summed E-state index contributed by atoms with van der Waals surface area (Å²) in [7, 11) is 0. The van der Waals surface area contributed by atoms with E-state index in [0.29, 0.717) is 5.69 Å². The lowest BCUT2D eigenvalue weighted by Crippen LogP contribution is -2.26. The van der Waals surface area contributed by atoms with Gasteiger partial charge in [-0.25, -0.2) is 4.79 Å². The fourth-order valence-corrected chi connectivity index (χ4v) is 3.14. The maximum Gasteiger partial charge on any atom is 0.355 e. The van der Waals surface area contributed by atoms with Gasteiger partial charge in [0.1, 0.15) is 11.8 Å². The van der Waals surface area contributed by atoms with Crippen LogP contribution in [-0.4, -0.2) is 16.6 Å². The molecule has 104 valence electrons. The average Bonchev–Trinajstić information content (AvgIpc) is 2.83. The zero-order chi connectivity index (χ0) is 14.4. The topological polar surface area (TPSA) is 31.2 Å². The lowest BCUT2D eigenvalue weighted by Gasteiger charge is -2.21. The van der Waals surface area contributed by atoms with Crippen LogP contribution in [0.5, 0.6) is 0 Å². The van der Waals surface area contributed by atoms with E-state index in [1.165, 1.54) is 0 Å². The Hall–Kier alpha value is -2.55. The first-order valence-electron chi connectivity index (χ1n) is 7.14. The second kappa shape index (κ2) is 4.48. The third-order valence-corrected chi connectivity index (χ3v) is 3.99. The Bertz CT molecular complexity index is 833. The molecular weight excluding hydrogens is 262 g/mol. The minimum absolute atomic E-state index is 0.0694. The minimum atomic E-state index is -0.233. The van der Waals surface area contributed by atoms with Crippen LogP contribution in [0, 0.1) is 0 Å². The summed E-state index contributed by atoms with van der Waals surface area (Å²) in [5, 5.41) is 1.14. The van der Waals surface area contributed by atoms with E-state index in [1.807, 2.05) is 54.0 Å². The summed E-state index contributed by atoms with van der Waals surface area (Å²) in [5.74, 6) is -0.233. The number of ether oxygens (including phenoxy) is 1. The van der Waals surface area contributed by atoms with Crippen molar-refractivity contribution in [2.45, 2.75) is 19.4 Å². The van der Waals surface area contributed by atoms with Gasteiger partial charge in [-0.3, -0.25) is 0 Å². The van der Waals surface area contributed by atoms with Gasteiger partial charge in [0.25, 0.3) is 0 Å². The highest BCUT2D eigenvalue weighted by molar-refractivity contribution is 6.01. The number of carbonyl (C=O) groups excluding carboxylic acids is 1. The highest BCUT2D eigenvalue weighted by Crippen LogP contribution is 2.33. The average molecular weight is 277 g/mol. The molecule has 0 N–H and O–H groups in total. The molecule has 0 saturated heterocycles. The van der Waals surface area contributed by atoms with Crippen molar-refractivity contribution in [3.8, 4) is 5.69 Å². The van der Waals surface area contributed by atoms with Gasteiger partial charge in [0.05, 0.1) is 5.52 Å². The van der Waals surface area contributed by atoms with Gasteiger partial charge in [-0.15, -0.1) is 0 Å². The van der Waals surface area contributed by atoms with Crippen molar-refractivity contribution in [1.29, 1.82) is 0 Å². The Kier molecular flexibility index (Phi) is 2.61. The first-order valence-corrected chi connectivity index (χ1v) is 7.14. The third-order valence-electron chi connectivity index (χ3n) is 3.99. The quantitative estimate of drug-likeness (QED) is 0.635. The Balaban J connectivity index is 2.11. The molecule has 0 spiro atoms. The standard InChI is InChI=1S/C18H15NO2/c1-12-11-15-14-9-5-6-10-16(14)19(17(15)18(20)21-12)13-7-3-2-4-8-13/h2-10,12H,11H2,1H3. The molecule has 0 fully saturated rings. The molecule has 1 unspecified atom stereocenters. The first kappa shape index (κ1) is 12.2. The molecule has 4 rings (SSSR count). The summed E-state index contributed by atoms with van der Waals surface area (Å²) >= 11 is 0. The van der Waals surface area contributed by atoms with E-state index >= 15 is 0 Å². The van der Waals surface area contributed by atoms with Crippen molar-refractivity contribution in [2.24, 2.45) is 0 Å². The van der Waals surface area contributed by atoms with E-state index < -0.39 is 0 Å². The molecule has 3 nitrogen and oxygen atoms in total. The Morgan fingerprint density at radius 3 is 2.57 bits per heavy atom. The molecule has 1 atom stereocenters. The molecule has 2 aromatic carbocycles. The number of aromatic nitrogens is 1. The Morgan fingerprint density at radius 1 is 1.05 bits per heavy atom. The summed E-state index contributed by atoms with van der Waals surface area (Å²) in [6.45, 7) is 1.94. The van der Waals surface area contributed by atoms with Gasteiger partial charge in [0.2, 0.25) is 0 Å². The van der Waals surface area contributed by atoms with Gasteiger partial charge in [-0.05, 0) is 30.7 Å². The number of para-hydroxylation sites is 2. The number of cyclic esters (lactones) is 1. The SMILES string of the molecule is CC1Cc2c(n(-c3ccccc3)c3ccccc23)C(=O)O1. The van der Waals surface area contributed by atoms with Crippen molar-refractivity contribution < 1.29 is 9.53 Å². The van der Waals surface area contributed by atoms with Crippen molar-refractivity contribution in [1.82, 2.24) is 4.57 Å². The predicted molar refractivity (Wildman–Crippen MR) is 81.9 cm³/mol. The van der Waals surface area contributed by atoms with Crippen LogP contribution in [0.15, 0.2) is 54.6 Å². The molecule has 1 aromatic heterocycles. The summed E-state index contributed by atoms with van der Waals surface area (Å²) in [4.78, 5) is 12.4. The number of fused-ring (bicyclic) bond motifs is 3. The van der Waals surface area contributed by atoms with Crippen LogP contribution in [0.3, 0.4) is 0 Å². The Labute approximate surface area is 122 Å². The number of esters is 1. The summed E-state index contributed by atoms with van der Waals surface area (Å²) < 4.78 is 7.46. The normalized spacial score (nSPS) is 17.6. The third kappa shape index (κ3) is 1.77. The van der Waals surface area contributed by atoms with Crippen molar-refractivity contribution in [3.63, 3.8) is 0 Å². The highest BCUT2D eigenvalue weighted by Gasteiger charge is 2.31. The van der Waals surface area contributed by atoms with Gasteiger partial charge < -0.3 is 9.30 Å². The molecule has 21 heavy (non-hydrogen) atoms. The first-order chi connectivity index (χ1) is 10.3. The van der Waals surface area contributed by atoms with Gasteiger partial charge in [0.15, 0.2) is 0 Å². The molecule has 0 saturated carbocycles. The van der Waals surface area contributed by atoms with Crippen molar-refractivity contribution in [2.75, 3.05) is 0 Å². The van der Waals surface area contributed by atoms with E-state index in [2.05, 4.69) is 12.1 Å².